The fourth-order valence-electron chi connectivity index (χ4n) is 2.58. The number of carbonyl (C=O) groups excluding carboxylic acids is 1. The van der Waals surface area contributed by atoms with Crippen molar-refractivity contribution in [1.29, 1.82) is 0 Å². The number of nitrogens with one attached hydrogen (secondary N) is 1. The zero-order chi connectivity index (χ0) is 14.4. The average molecular weight is 272 g/mol. The Balaban J connectivity index is 1.78. The summed E-state index contributed by atoms with van der Waals surface area (Å²) in [5.41, 5.74) is 2.51. The first-order valence-electron chi connectivity index (χ1n) is 7.38. The van der Waals surface area contributed by atoms with Gasteiger partial charge in [0.15, 0.2) is 0 Å². The highest BCUT2D eigenvalue weighted by molar-refractivity contribution is 5.75. The van der Waals surface area contributed by atoms with Gasteiger partial charge < -0.3 is 10.2 Å². The second-order valence-electron chi connectivity index (χ2n) is 5.79. The number of rotatable bonds is 3. The summed E-state index contributed by atoms with van der Waals surface area (Å²) >= 11 is 0. The summed E-state index contributed by atoms with van der Waals surface area (Å²) in [5, 5.41) is 2.84. The lowest BCUT2D eigenvalue weighted by Crippen LogP contribution is -2.43. The van der Waals surface area contributed by atoms with Gasteiger partial charge in [0.2, 0.25) is 0 Å². The van der Waals surface area contributed by atoms with E-state index in [4.69, 9.17) is 0 Å². The van der Waals surface area contributed by atoms with Crippen LogP contribution in [-0.4, -0.2) is 24.0 Å². The molecule has 1 heterocycles. The zero-order valence-electron chi connectivity index (χ0n) is 12.4. The number of allylic oxidation sites excluding steroid dienone is 1. The number of nitrogens with zero attached hydrogens (tertiary/aromatic N) is 1. The topological polar surface area (TPSA) is 32.3 Å². The Morgan fingerprint density at radius 2 is 1.90 bits per heavy atom. The third-order valence-corrected chi connectivity index (χ3v) is 3.75. The lowest BCUT2D eigenvalue weighted by Gasteiger charge is -2.31. The summed E-state index contributed by atoms with van der Waals surface area (Å²) in [6.45, 7) is 5.68. The molecule has 1 N–H and O–H groups in total. The van der Waals surface area contributed by atoms with Crippen LogP contribution in [0.5, 0.6) is 0 Å². The van der Waals surface area contributed by atoms with Crippen molar-refractivity contribution in [2.75, 3.05) is 13.1 Å². The van der Waals surface area contributed by atoms with Gasteiger partial charge in [-0.1, -0.05) is 35.9 Å². The Labute approximate surface area is 121 Å². The number of hydrogen-bond acceptors (Lipinski definition) is 1. The van der Waals surface area contributed by atoms with Crippen LogP contribution < -0.4 is 5.32 Å². The van der Waals surface area contributed by atoms with Gasteiger partial charge in [-0.25, -0.2) is 4.79 Å². The van der Waals surface area contributed by atoms with Crippen LogP contribution in [0.1, 0.15) is 32.3 Å². The van der Waals surface area contributed by atoms with Gasteiger partial charge in [0, 0.05) is 19.3 Å². The van der Waals surface area contributed by atoms with Crippen molar-refractivity contribution in [1.82, 2.24) is 10.2 Å². The van der Waals surface area contributed by atoms with E-state index in [1.54, 1.807) is 6.20 Å². The molecule has 2 rings (SSSR count). The molecule has 0 aliphatic carbocycles. The standard InChI is InChI=1S/C17H24N2O/c1-14(2)13-18-17(20)19-10-8-16(9-11-19)12-15-6-4-3-5-7-15/h3-7,13,16H,8-12H2,1-2H3,(H,18,20). The van der Waals surface area contributed by atoms with Crippen molar-refractivity contribution in [3.63, 3.8) is 0 Å². The number of likely N-dealkylation sites (tertiary alicyclic amines) is 1. The van der Waals surface area contributed by atoms with Crippen LogP contribution in [0, 0.1) is 5.92 Å². The molecule has 0 bridgehead atoms. The molecule has 0 radical (unpaired) electrons. The quantitative estimate of drug-likeness (QED) is 0.896. The molecule has 3 heteroatoms. The molecule has 0 saturated carbocycles. The predicted octanol–water partition coefficient (Wildman–Crippen LogP) is 3.57. The van der Waals surface area contributed by atoms with Crippen molar-refractivity contribution >= 4 is 6.03 Å². The lowest BCUT2D eigenvalue weighted by atomic mass is 9.90. The van der Waals surface area contributed by atoms with E-state index in [2.05, 4.69) is 35.6 Å². The number of carbonyl (C=O) groups is 1. The van der Waals surface area contributed by atoms with Crippen LogP contribution in [0.25, 0.3) is 0 Å². The summed E-state index contributed by atoms with van der Waals surface area (Å²) in [6, 6.07) is 10.7. The van der Waals surface area contributed by atoms with Gasteiger partial charge in [-0.3, -0.25) is 0 Å². The second kappa shape index (κ2) is 7.13. The Morgan fingerprint density at radius 3 is 2.50 bits per heavy atom. The maximum Gasteiger partial charge on any atom is 0.321 e. The first-order chi connectivity index (χ1) is 9.65. The highest BCUT2D eigenvalue weighted by Gasteiger charge is 2.22. The monoisotopic (exact) mass is 272 g/mol. The average Bonchev–Trinajstić information content (AvgIpc) is 2.46. The van der Waals surface area contributed by atoms with E-state index >= 15 is 0 Å². The van der Waals surface area contributed by atoms with Crippen LogP contribution in [-0.2, 0) is 6.42 Å². The lowest BCUT2D eigenvalue weighted by molar-refractivity contribution is 0.173. The Morgan fingerprint density at radius 1 is 1.25 bits per heavy atom. The van der Waals surface area contributed by atoms with Gasteiger partial charge >= 0.3 is 6.03 Å². The molecule has 0 atom stereocenters. The number of amides is 2. The maximum absolute atomic E-state index is 11.9. The van der Waals surface area contributed by atoms with Crippen LogP contribution in [0.15, 0.2) is 42.1 Å². The van der Waals surface area contributed by atoms with Gasteiger partial charge in [0.25, 0.3) is 0 Å². The van der Waals surface area contributed by atoms with E-state index < -0.39 is 0 Å². The molecule has 1 aliphatic heterocycles. The van der Waals surface area contributed by atoms with Gasteiger partial charge in [0.1, 0.15) is 0 Å². The Hall–Kier alpha value is -1.77. The fraction of sp³-hybridized carbons (Fsp3) is 0.471. The first kappa shape index (κ1) is 14.6. The molecule has 1 aliphatic rings. The molecule has 0 unspecified atom stereocenters. The highest BCUT2D eigenvalue weighted by atomic mass is 16.2. The third kappa shape index (κ3) is 4.41. The van der Waals surface area contributed by atoms with Crippen molar-refractivity contribution in [3.8, 4) is 0 Å². The summed E-state index contributed by atoms with van der Waals surface area (Å²) in [4.78, 5) is 13.9. The van der Waals surface area contributed by atoms with Gasteiger partial charge in [-0.05, 0) is 44.6 Å². The first-order valence-corrected chi connectivity index (χ1v) is 7.38. The number of hydrogen-bond donors (Lipinski definition) is 1. The molecule has 108 valence electrons. The highest BCUT2D eigenvalue weighted by Crippen LogP contribution is 2.21. The molecule has 0 aromatic heterocycles. The van der Waals surface area contributed by atoms with Crippen LogP contribution in [0.2, 0.25) is 0 Å². The van der Waals surface area contributed by atoms with Crippen LogP contribution in [0.4, 0.5) is 4.79 Å². The molecule has 0 spiro atoms. The van der Waals surface area contributed by atoms with E-state index in [0.29, 0.717) is 5.92 Å². The Bertz CT molecular complexity index is 455. The van der Waals surface area contributed by atoms with Crippen molar-refractivity contribution < 1.29 is 4.79 Å². The maximum atomic E-state index is 11.9. The molecule has 1 aromatic carbocycles. The van der Waals surface area contributed by atoms with Crippen molar-refractivity contribution in [2.45, 2.75) is 33.1 Å². The van der Waals surface area contributed by atoms with E-state index in [-0.39, 0.29) is 6.03 Å². The van der Waals surface area contributed by atoms with E-state index in [0.717, 1.165) is 37.9 Å². The smallest absolute Gasteiger partial charge is 0.321 e. The van der Waals surface area contributed by atoms with Crippen molar-refractivity contribution in [2.24, 2.45) is 5.92 Å². The fourth-order valence-corrected chi connectivity index (χ4v) is 2.58. The molecule has 2 amide bonds. The van der Waals surface area contributed by atoms with Crippen molar-refractivity contribution in [3.05, 3.63) is 47.7 Å². The zero-order valence-corrected chi connectivity index (χ0v) is 12.4. The summed E-state index contributed by atoms with van der Waals surface area (Å²) in [7, 11) is 0. The summed E-state index contributed by atoms with van der Waals surface area (Å²) < 4.78 is 0. The summed E-state index contributed by atoms with van der Waals surface area (Å²) in [6.07, 6.45) is 5.09. The number of piperidine rings is 1. The molecule has 20 heavy (non-hydrogen) atoms. The second-order valence-corrected chi connectivity index (χ2v) is 5.79. The predicted molar refractivity (Wildman–Crippen MR) is 82.4 cm³/mol. The number of urea groups is 1. The van der Waals surface area contributed by atoms with E-state index in [1.165, 1.54) is 5.56 Å². The summed E-state index contributed by atoms with van der Waals surface area (Å²) in [5.74, 6) is 0.699. The SMILES string of the molecule is CC(C)=CNC(=O)N1CCC(Cc2ccccc2)CC1. The third-order valence-electron chi connectivity index (χ3n) is 3.75. The van der Waals surface area contributed by atoms with Gasteiger partial charge in [-0.2, -0.15) is 0 Å². The largest absolute Gasteiger partial charge is 0.325 e. The molecule has 1 fully saturated rings. The van der Waals surface area contributed by atoms with Gasteiger partial charge in [-0.15, -0.1) is 0 Å². The Kier molecular flexibility index (Phi) is 5.22. The normalized spacial score (nSPS) is 15.8. The van der Waals surface area contributed by atoms with Crippen LogP contribution >= 0.6 is 0 Å². The molecule has 1 saturated heterocycles. The van der Waals surface area contributed by atoms with Gasteiger partial charge in [0.05, 0.1) is 0 Å². The molecular weight excluding hydrogens is 248 g/mol. The van der Waals surface area contributed by atoms with Crippen LogP contribution in [0.3, 0.4) is 0 Å². The minimum atomic E-state index is 0.0318. The number of benzene rings is 1. The molecule has 1 aromatic rings. The van der Waals surface area contributed by atoms with E-state index in [9.17, 15) is 4.79 Å². The minimum Gasteiger partial charge on any atom is -0.325 e. The molecular formula is C17H24N2O. The molecule has 3 nitrogen and oxygen atoms in total. The van der Waals surface area contributed by atoms with E-state index in [1.807, 2.05) is 18.7 Å². The minimum absolute atomic E-state index is 0.0318.